The molecular weight excluding hydrogens is 365 g/mol. The van der Waals surface area contributed by atoms with Gasteiger partial charge in [-0.2, -0.15) is 5.10 Å². The molecule has 4 nitrogen and oxygen atoms in total. The van der Waals surface area contributed by atoms with Gasteiger partial charge in [-0.05, 0) is 59.3 Å². The number of rotatable bonds is 2. The molecule has 1 heterocycles. The predicted octanol–water partition coefficient (Wildman–Crippen LogP) is 3.73. The molecule has 0 atom stereocenters. The van der Waals surface area contributed by atoms with E-state index in [0.29, 0.717) is 5.69 Å². The number of nitrogens with zero attached hydrogens (tertiary/aromatic N) is 1. The summed E-state index contributed by atoms with van der Waals surface area (Å²) in [4.78, 5) is 12.3. The minimum Gasteiger partial charge on any atom is -0.320 e. The minimum absolute atomic E-state index is 0.202. The van der Waals surface area contributed by atoms with E-state index < -0.39 is 0 Å². The average Bonchev–Trinajstić information content (AvgIpc) is 2.86. The summed E-state index contributed by atoms with van der Waals surface area (Å²) in [5.41, 5.74) is 3.11. The van der Waals surface area contributed by atoms with E-state index >= 15 is 0 Å². The van der Waals surface area contributed by atoms with Crippen molar-refractivity contribution in [2.75, 3.05) is 5.32 Å². The van der Waals surface area contributed by atoms with Gasteiger partial charge < -0.3 is 5.32 Å². The molecule has 20 heavy (non-hydrogen) atoms. The third kappa shape index (κ3) is 2.40. The van der Waals surface area contributed by atoms with Crippen molar-refractivity contribution >= 4 is 45.1 Å². The Morgan fingerprint density at radius 2 is 2.05 bits per heavy atom. The lowest BCUT2D eigenvalue weighted by atomic mass is 10.1. The van der Waals surface area contributed by atoms with E-state index in [2.05, 4.69) is 38.1 Å². The van der Waals surface area contributed by atoms with Gasteiger partial charge >= 0.3 is 0 Å². The van der Waals surface area contributed by atoms with Crippen LogP contribution in [0.1, 0.15) is 16.1 Å². The van der Waals surface area contributed by atoms with Crippen LogP contribution in [0.4, 0.5) is 5.69 Å². The molecule has 0 aliphatic heterocycles. The number of halogens is 1. The second-order valence-electron chi connectivity index (χ2n) is 4.53. The fourth-order valence-electron chi connectivity index (χ4n) is 2.09. The number of carbonyl (C=O) groups is 1. The fraction of sp³-hybridized carbons (Fsp3) is 0.0667. The number of aromatic amines is 1. The summed E-state index contributed by atoms with van der Waals surface area (Å²) in [6.45, 7) is 1.97. The van der Waals surface area contributed by atoms with Crippen LogP contribution in [0.5, 0.6) is 0 Å². The van der Waals surface area contributed by atoms with Gasteiger partial charge in [0.15, 0.2) is 5.69 Å². The number of carbonyl (C=O) groups excluding carboxylic acids is 1. The number of aryl methyl sites for hydroxylation is 1. The van der Waals surface area contributed by atoms with E-state index in [1.165, 1.54) is 0 Å². The maximum absolute atomic E-state index is 12.3. The minimum atomic E-state index is -0.202. The number of amides is 1. The molecule has 0 radical (unpaired) electrons. The SMILES string of the molecule is Cc1cc(I)ccc1NC(=O)c1n[nH]c2ccccc12. The van der Waals surface area contributed by atoms with E-state index in [-0.39, 0.29) is 5.91 Å². The van der Waals surface area contributed by atoms with Gasteiger partial charge in [0.05, 0.1) is 5.52 Å². The highest BCUT2D eigenvalue weighted by Gasteiger charge is 2.14. The quantitative estimate of drug-likeness (QED) is 0.669. The first kappa shape index (κ1) is 13.1. The standard InChI is InChI=1S/C15H12IN3O/c1-9-8-10(16)6-7-12(9)17-15(20)14-11-4-2-3-5-13(11)18-19-14/h2-8H,1H3,(H,17,20)(H,18,19). The van der Waals surface area contributed by atoms with E-state index in [9.17, 15) is 4.79 Å². The second kappa shape index (κ2) is 5.24. The molecule has 0 aliphatic carbocycles. The molecular formula is C15H12IN3O. The maximum atomic E-state index is 12.3. The lowest BCUT2D eigenvalue weighted by molar-refractivity contribution is 0.102. The second-order valence-corrected chi connectivity index (χ2v) is 5.78. The summed E-state index contributed by atoms with van der Waals surface area (Å²) < 4.78 is 1.14. The summed E-state index contributed by atoms with van der Waals surface area (Å²) in [5.74, 6) is -0.202. The molecule has 0 bridgehead atoms. The zero-order valence-electron chi connectivity index (χ0n) is 10.8. The number of para-hydroxylation sites is 1. The molecule has 0 saturated carbocycles. The summed E-state index contributed by atoms with van der Waals surface area (Å²) in [7, 11) is 0. The molecule has 3 rings (SSSR count). The number of fused-ring (bicyclic) bond motifs is 1. The molecule has 2 aromatic carbocycles. The fourth-order valence-corrected chi connectivity index (χ4v) is 2.73. The van der Waals surface area contributed by atoms with Gasteiger partial charge in [0.2, 0.25) is 0 Å². The largest absolute Gasteiger partial charge is 0.320 e. The Hall–Kier alpha value is -1.89. The van der Waals surface area contributed by atoms with Crippen LogP contribution in [0, 0.1) is 10.5 Å². The predicted molar refractivity (Wildman–Crippen MR) is 87.9 cm³/mol. The Labute approximate surface area is 129 Å². The Balaban J connectivity index is 1.93. The van der Waals surface area contributed by atoms with Crippen molar-refractivity contribution in [2.45, 2.75) is 6.92 Å². The van der Waals surface area contributed by atoms with Gasteiger partial charge in [-0.25, -0.2) is 0 Å². The van der Waals surface area contributed by atoms with Crippen LogP contribution in [0.3, 0.4) is 0 Å². The number of benzene rings is 2. The van der Waals surface area contributed by atoms with Crippen LogP contribution in [-0.2, 0) is 0 Å². The van der Waals surface area contributed by atoms with Crippen LogP contribution in [0.25, 0.3) is 10.9 Å². The average molecular weight is 377 g/mol. The molecule has 0 saturated heterocycles. The highest BCUT2D eigenvalue weighted by molar-refractivity contribution is 14.1. The summed E-state index contributed by atoms with van der Waals surface area (Å²) in [6, 6.07) is 13.5. The van der Waals surface area contributed by atoms with Crippen molar-refractivity contribution in [1.29, 1.82) is 0 Å². The number of nitrogens with one attached hydrogen (secondary N) is 2. The van der Waals surface area contributed by atoms with Gasteiger partial charge in [0.1, 0.15) is 0 Å². The Kier molecular flexibility index (Phi) is 3.43. The monoisotopic (exact) mass is 377 g/mol. The lowest BCUT2D eigenvalue weighted by Gasteiger charge is -2.07. The van der Waals surface area contributed by atoms with Gasteiger partial charge in [-0.1, -0.05) is 18.2 Å². The number of aromatic nitrogens is 2. The molecule has 0 fully saturated rings. The number of anilines is 1. The molecule has 0 spiro atoms. The zero-order chi connectivity index (χ0) is 14.1. The summed E-state index contributed by atoms with van der Waals surface area (Å²) >= 11 is 2.25. The molecule has 100 valence electrons. The first-order valence-electron chi connectivity index (χ1n) is 6.16. The Bertz CT molecular complexity index is 795. The van der Waals surface area contributed by atoms with Gasteiger partial charge in [0.25, 0.3) is 5.91 Å². The van der Waals surface area contributed by atoms with Crippen LogP contribution in [0.15, 0.2) is 42.5 Å². The number of H-pyrrole nitrogens is 1. The van der Waals surface area contributed by atoms with Crippen molar-refractivity contribution < 1.29 is 4.79 Å². The zero-order valence-corrected chi connectivity index (χ0v) is 12.9. The summed E-state index contributed by atoms with van der Waals surface area (Å²) in [5, 5.41) is 10.7. The van der Waals surface area contributed by atoms with E-state index in [4.69, 9.17) is 0 Å². The number of hydrogen-bond donors (Lipinski definition) is 2. The van der Waals surface area contributed by atoms with Crippen LogP contribution < -0.4 is 5.32 Å². The lowest BCUT2D eigenvalue weighted by Crippen LogP contribution is -2.13. The molecule has 1 amide bonds. The highest BCUT2D eigenvalue weighted by Crippen LogP contribution is 2.20. The van der Waals surface area contributed by atoms with Crippen LogP contribution >= 0.6 is 22.6 Å². The van der Waals surface area contributed by atoms with Gasteiger partial charge in [-0.15, -0.1) is 0 Å². The van der Waals surface area contributed by atoms with E-state index in [0.717, 1.165) is 25.7 Å². The highest BCUT2D eigenvalue weighted by atomic mass is 127. The van der Waals surface area contributed by atoms with Crippen molar-refractivity contribution in [3.05, 3.63) is 57.3 Å². The molecule has 0 unspecified atom stereocenters. The number of hydrogen-bond acceptors (Lipinski definition) is 2. The van der Waals surface area contributed by atoms with Crippen LogP contribution in [0.2, 0.25) is 0 Å². The normalized spacial score (nSPS) is 10.7. The molecule has 0 aliphatic rings. The Morgan fingerprint density at radius 3 is 2.85 bits per heavy atom. The van der Waals surface area contributed by atoms with Crippen molar-refractivity contribution in [3.63, 3.8) is 0 Å². The topological polar surface area (TPSA) is 57.8 Å². The maximum Gasteiger partial charge on any atom is 0.276 e. The third-order valence-corrected chi connectivity index (χ3v) is 3.79. The van der Waals surface area contributed by atoms with E-state index in [1.807, 2.05) is 49.4 Å². The van der Waals surface area contributed by atoms with Crippen molar-refractivity contribution in [1.82, 2.24) is 10.2 Å². The third-order valence-electron chi connectivity index (χ3n) is 3.12. The van der Waals surface area contributed by atoms with Crippen molar-refractivity contribution in [3.8, 4) is 0 Å². The van der Waals surface area contributed by atoms with Gasteiger partial charge in [-0.3, -0.25) is 9.89 Å². The van der Waals surface area contributed by atoms with Gasteiger partial charge in [0, 0.05) is 14.6 Å². The van der Waals surface area contributed by atoms with E-state index in [1.54, 1.807) is 0 Å². The molecule has 1 aromatic heterocycles. The Morgan fingerprint density at radius 1 is 1.25 bits per heavy atom. The molecule has 3 aromatic rings. The molecule has 2 N–H and O–H groups in total. The first-order valence-corrected chi connectivity index (χ1v) is 7.23. The summed E-state index contributed by atoms with van der Waals surface area (Å²) in [6.07, 6.45) is 0. The first-order chi connectivity index (χ1) is 9.65. The van der Waals surface area contributed by atoms with Crippen LogP contribution in [-0.4, -0.2) is 16.1 Å². The smallest absolute Gasteiger partial charge is 0.276 e. The molecule has 5 heteroatoms. The van der Waals surface area contributed by atoms with Crippen molar-refractivity contribution in [2.24, 2.45) is 0 Å².